The Kier molecular flexibility index (Phi) is 3.31. The highest BCUT2D eigenvalue weighted by Gasteiger charge is 2.19. The van der Waals surface area contributed by atoms with E-state index in [1.807, 2.05) is 32.0 Å². The maximum absolute atomic E-state index is 11.4. The summed E-state index contributed by atoms with van der Waals surface area (Å²) < 4.78 is 1.61. The molecule has 0 fully saturated rings. The van der Waals surface area contributed by atoms with Crippen LogP contribution in [0, 0.1) is 13.8 Å². The summed E-state index contributed by atoms with van der Waals surface area (Å²) in [6.07, 6.45) is 3.18. The number of aryl methyl sites for hydroxylation is 2. The van der Waals surface area contributed by atoms with Gasteiger partial charge in [0.05, 0.1) is 5.69 Å². The molecule has 3 aromatic rings. The van der Waals surface area contributed by atoms with Crippen molar-refractivity contribution in [2.75, 3.05) is 0 Å². The Balaban J connectivity index is 2.17. The number of carboxylic acids is 1. The number of aromatic carboxylic acids is 1. The van der Waals surface area contributed by atoms with Gasteiger partial charge in [-0.15, -0.1) is 11.3 Å². The smallest absolute Gasteiger partial charge is 0.339 e. The molecule has 6 heteroatoms. The summed E-state index contributed by atoms with van der Waals surface area (Å²) >= 11 is 1.37. The number of hydrogen-bond acceptors (Lipinski definition) is 4. The van der Waals surface area contributed by atoms with Gasteiger partial charge in [-0.2, -0.15) is 5.10 Å². The van der Waals surface area contributed by atoms with E-state index in [9.17, 15) is 9.90 Å². The van der Waals surface area contributed by atoms with Gasteiger partial charge in [0, 0.05) is 17.8 Å². The minimum absolute atomic E-state index is 0.157. The Bertz CT molecular complexity index is 806. The van der Waals surface area contributed by atoms with Crippen LogP contribution in [0.15, 0.2) is 36.0 Å². The lowest BCUT2D eigenvalue weighted by atomic mass is 10.1. The monoisotopic (exact) mass is 299 g/mol. The van der Waals surface area contributed by atoms with E-state index in [-0.39, 0.29) is 5.56 Å². The third kappa shape index (κ3) is 2.45. The number of carbonyl (C=O) groups is 1. The first kappa shape index (κ1) is 13.5. The second kappa shape index (κ2) is 5.14. The summed E-state index contributed by atoms with van der Waals surface area (Å²) in [4.78, 5) is 15.6. The van der Waals surface area contributed by atoms with E-state index in [4.69, 9.17) is 0 Å². The second-order valence-corrected chi connectivity index (χ2v) is 5.66. The molecule has 0 saturated carbocycles. The molecule has 0 aliphatic heterocycles. The molecule has 2 heterocycles. The molecule has 21 heavy (non-hydrogen) atoms. The van der Waals surface area contributed by atoms with Crippen LogP contribution in [0.4, 0.5) is 0 Å². The fraction of sp³-hybridized carbons (Fsp3) is 0.133. The third-order valence-corrected chi connectivity index (χ3v) is 3.96. The van der Waals surface area contributed by atoms with Gasteiger partial charge < -0.3 is 5.11 Å². The molecule has 2 aromatic heterocycles. The zero-order valence-electron chi connectivity index (χ0n) is 11.6. The Hall–Kier alpha value is -2.47. The first-order valence-corrected chi connectivity index (χ1v) is 7.24. The second-order valence-electron chi connectivity index (χ2n) is 4.77. The number of carboxylic acid groups (broad SMARTS) is 1. The van der Waals surface area contributed by atoms with Crippen molar-refractivity contribution in [3.63, 3.8) is 0 Å². The molecule has 0 atom stereocenters. The predicted molar refractivity (Wildman–Crippen MR) is 81.1 cm³/mol. The molecule has 1 aromatic carbocycles. The van der Waals surface area contributed by atoms with E-state index >= 15 is 0 Å². The van der Waals surface area contributed by atoms with Crippen LogP contribution in [0.3, 0.4) is 0 Å². The summed E-state index contributed by atoms with van der Waals surface area (Å²) in [5, 5.41) is 16.2. The van der Waals surface area contributed by atoms with Crippen molar-refractivity contribution in [1.29, 1.82) is 0 Å². The van der Waals surface area contributed by atoms with Crippen LogP contribution in [-0.2, 0) is 0 Å². The molecule has 0 saturated heterocycles. The van der Waals surface area contributed by atoms with E-state index < -0.39 is 5.97 Å². The molecule has 0 radical (unpaired) electrons. The number of aromatic nitrogens is 3. The van der Waals surface area contributed by atoms with Gasteiger partial charge in [0.25, 0.3) is 0 Å². The van der Waals surface area contributed by atoms with E-state index in [2.05, 4.69) is 10.1 Å². The zero-order chi connectivity index (χ0) is 15.0. The standard InChI is InChI=1S/C15H13N3O2S/c1-9-3-4-12(10(2)7-9)18-8-11(15(19)20)13(17-18)14-16-5-6-21-14/h3-8H,1-2H3,(H,19,20). The van der Waals surface area contributed by atoms with Gasteiger partial charge in [-0.1, -0.05) is 17.7 Å². The van der Waals surface area contributed by atoms with Crippen molar-refractivity contribution in [2.45, 2.75) is 13.8 Å². The first-order valence-electron chi connectivity index (χ1n) is 6.36. The lowest BCUT2D eigenvalue weighted by Gasteiger charge is -2.06. The van der Waals surface area contributed by atoms with Gasteiger partial charge in [-0.25, -0.2) is 14.5 Å². The lowest BCUT2D eigenvalue weighted by molar-refractivity contribution is 0.0697. The summed E-state index contributed by atoms with van der Waals surface area (Å²) in [5.41, 5.74) is 3.62. The zero-order valence-corrected chi connectivity index (χ0v) is 12.4. The van der Waals surface area contributed by atoms with Gasteiger partial charge >= 0.3 is 5.97 Å². The van der Waals surface area contributed by atoms with Crippen molar-refractivity contribution < 1.29 is 9.90 Å². The van der Waals surface area contributed by atoms with Crippen LogP contribution in [-0.4, -0.2) is 25.8 Å². The summed E-state index contributed by atoms with van der Waals surface area (Å²) in [6, 6.07) is 5.96. The van der Waals surface area contributed by atoms with E-state index in [1.165, 1.54) is 17.5 Å². The highest BCUT2D eigenvalue weighted by Crippen LogP contribution is 2.26. The molecule has 0 bridgehead atoms. The van der Waals surface area contributed by atoms with Crippen molar-refractivity contribution in [3.8, 4) is 16.4 Å². The van der Waals surface area contributed by atoms with E-state index in [1.54, 1.807) is 16.3 Å². The average Bonchev–Trinajstić information content (AvgIpc) is 3.07. The van der Waals surface area contributed by atoms with Crippen LogP contribution in [0.5, 0.6) is 0 Å². The van der Waals surface area contributed by atoms with Crippen LogP contribution in [0.25, 0.3) is 16.4 Å². The quantitative estimate of drug-likeness (QED) is 0.805. The molecular weight excluding hydrogens is 286 g/mol. The third-order valence-electron chi connectivity index (χ3n) is 3.18. The van der Waals surface area contributed by atoms with Gasteiger partial charge in [0.2, 0.25) is 0 Å². The summed E-state index contributed by atoms with van der Waals surface area (Å²) in [7, 11) is 0. The maximum atomic E-state index is 11.4. The lowest BCUT2D eigenvalue weighted by Crippen LogP contribution is -1.98. The number of thiazole rings is 1. The minimum atomic E-state index is -1.00. The minimum Gasteiger partial charge on any atom is -0.478 e. The van der Waals surface area contributed by atoms with Crippen molar-refractivity contribution in [1.82, 2.24) is 14.8 Å². The van der Waals surface area contributed by atoms with Gasteiger partial charge in [-0.3, -0.25) is 0 Å². The average molecular weight is 299 g/mol. The predicted octanol–water partition coefficient (Wildman–Crippen LogP) is 3.31. The van der Waals surface area contributed by atoms with E-state index in [0.717, 1.165) is 16.8 Å². The highest BCUT2D eigenvalue weighted by molar-refractivity contribution is 7.13. The molecule has 3 rings (SSSR count). The molecule has 1 N–H and O–H groups in total. The largest absolute Gasteiger partial charge is 0.478 e. The molecule has 0 aliphatic carbocycles. The SMILES string of the molecule is Cc1ccc(-n2cc(C(=O)O)c(-c3nccs3)n2)c(C)c1. The fourth-order valence-electron chi connectivity index (χ4n) is 2.21. The molecule has 0 aliphatic rings. The molecule has 0 spiro atoms. The first-order chi connectivity index (χ1) is 10.1. The van der Waals surface area contributed by atoms with Gasteiger partial charge in [0.1, 0.15) is 16.3 Å². The van der Waals surface area contributed by atoms with Crippen LogP contribution in [0.1, 0.15) is 21.5 Å². The molecule has 106 valence electrons. The number of benzene rings is 1. The van der Waals surface area contributed by atoms with Gasteiger partial charge in [-0.05, 0) is 25.5 Å². The fourth-order valence-corrected chi connectivity index (χ4v) is 2.85. The van der Waals surface area contributed by atoms with Gasteiger partial charge in [0.15, 0.2) is 0 Å². The molecule has 0 unspecified atom stereocenters. The van der Waals surface area contributed by atoms with Crippen LogP contribution in [0.2, 0.25) is 0 Å². The maximum Gasteiger partial charge on any atom is 0.339 e. The summed E-state index contributed by atoms with van der Waals surface area (Å²) in [5.74, 6) is -1.00. The number of nitrogens with zero attached hydrogens (tertiary/aromatic N) is 3. The van der Waals surface area contributed by atoms with Crippen molar-refractivity contribution in [3.05, 3.63) is 52.7 Å². The molecule has 0 amide bonds. The normalized spacial score (nSPS) is 10.8. The Morgan fingerprint density at radius 3 is 2.76 bits per heavy atom. The number of rotatable bonds is 3. The highest BCUT2D eigenvalue weighted by atomic mass is 32.1. The Morgan fingerprint density at radius 2 is 2.14 bits per heavy atom. The Labute approximate surface area is 125 Å². The topological polar surface area (TPSA) is 68.0 Å². The molecular formula is C15H13N3O2S. The van der Waals surface area contributed by atoms with E-state index in [0.29, 0.717) is 10.7 Å². The van der Waals surface area contributed by atoms with Crippen molar-refractivity contribution in [2.24, 2.45) is 0 Å². The van der Waals surface area contributed by atoms with Crippen LogP contribution < -0.4 is 0 Å². The summed E-state index contributed by atoms with van der Waals surface area (Å²) in [6.45, 7) is 4.00. The molecule has 5 nitrogen and oxygen atoms in total. The Morgan fingerprint density at radius 1 is 1.33 bits per heavy atom. The van der Waals surface area contributed by atoms with Crippen LogP contribution >= 0.6 is 11.3 Å². The number of hydrogen-bond donors (Lipinski definition) is 1. The van der Waals surface area contributed by atoms with Crippen molar-refractivity contribution >= 4 is 17.3 Å².